The first-order valence-electron chi connectivity index (χ1n) is 6.55. The molecule has 1 amide bonds. The Morgan fingerprint density at radius 1 is 1.50 bits per heavy atom. The number of aliphatic hydroxyl groups excluding tert-OH is 1. The van der Waals surface area contributed by atoms with Gasteiger partial charge in [-0.1, -0.05) is 0 Å². The minimum atomic E-state index is -1.60. The number of carbonyl (C=O) groups excluding carboxylic acids is 1. The van der Waals surface area contributed by atoms with E-state index in [-0.39, 0.29) is 0 Å². The van der Waals surface area contributed by atoms with Gasteiger partial charge in [0, 0.05) is 18.8 Å². The van der Waals surface area contributed by atoms with E-state index in [4.69, 9.17) is 8.92 Å². The van der Waals surface area contributed by atoms with Crippen molar-refractivity contribution in [2.75, 3.05) is 13.7 Å². The van der Waals surface area contributed by atoms with Gasteiger partial charge >= 0.3 is 5.69 Å². The van der Waals surface area contributed by atoms with Crippen LogP contribution in [0.4, 0.5) is 0 Å². The maximum Gasteiger partial charge on any atom is 0.330 e. The van der Waals surface area contributed by atoms with E-state index in [9.17, 15) is 19.5 Å². The predicted octanol–water partition coefficient (Wildman–Crippen LogP) is -1.82. The molecule has 0 spiro atoms. The Hall–Kier alpha value is -1.62. The number of morpholine rings is 1. The quantitative estimate of drug-likeness (QED) is 0.444. The number of likely N-dealkylation sites (tertiary alicyclic amines) is 1. The highest BCUT2D eigenvalue weighted by Crippen LogP contribution is 2.47. The number of likely N-dealkylation sites (N-methyl/N-ethyl adjacent to an activating group) is 1. The number of fused-ring (bicyclic) bond motifs is 2. The first-order valence-corrected chi connectivity index (χ1v) is 6.92. The molecule has 3 rings (SSSR count). The highest BCUT2D eigenvalue weighted by molar-refractivity contribution is 7.75. The van der Waals surface area contributed by atoms with Gasteiger partial charge in [0.15, 0.2) is 6.23 Å². The SMILES string of the molecule is Cc1cn([C@@H]2O[C@]3(CO)C(=O)N(C)C2C3OS)c(=O)[nH]c1=O. The first-order chi connectivity index (χ1) is 10.4. The van der Waals surface area contributed by atoms with E-state index in [1.54, 1.807) is 6.92 Å². The molecule has 0 saturated carbocycles. The summed E-state index contributed by atoms with van der Waals surface area (Å²) >= 11 is 3.76. The third-order valence-electron chi connectivity index (χ3n) is 4.29. The summed E-state index contributed by atoms with van der Waals surface area (Å²) in [5.74, 6) is -0.440. The lowest BCUT2D eigenvalue weighted by Gasteiger charge is -2.34. The minimum Gasteiger partial charge on any atom is -0.393 e. The average molecular weight is 329 g/mol. The van der Waals surface area contributed by atoms with Crippen molar-refractivity contribution in [3.8, 4) is 0 Å². The van der Waals surface area contributed by atoms with Crippen molar-refractivity contribution < 1.29 is 18.8 Å². The summed E-state index contributed by atoms with van der Waals surface area (Å²) in [4.78, 5) is 39.3. The zero-order valence-electron chi connectivity index (χ0n) is 11.8. The average Bonchev–Trinajstić information content (AvgIpc) is 2.93. The van der Waals surface area contributed by atoms with Crippen LogP contribution >= 0.6 is 12.9 Å². The first kappa shape index (κ1) is 15.3. The number of nitrogens with one attached hydrogen (secondary N) is 1. The third kappa shape index (κ3) is 1.75. The van der Waals surface area contributed by atoms with Crippen LogP contribution in [0, 0.1) is 6.92 Å². The Balaban J connectivity index is 2.13. The molecule has 120 valence electrons. The second kappa shape index (κ2) is 4.95. The Bertz CT molecular complexity index is 745. The van der Waals surface area contributed by atoms with Gasteiger partial charge in [-0.05, 0) is 19.8 Å². The highest BCUT2D eigenvalue weighted by atomic mass is 32.1. The van der Waals surface area contributed by atoms with Gasteiger partial charge in [-0.25, -0.2) is 4.79 Å². The van der Waals surface area contributed by atoms with E-state index in [1.165, 1.54) is 22.7 Å². The lowest BCUT2D eigenvalue weighted by atomic mass is 10.00. The van der Waals surface area contributed by atoms with E-state index < -0.39 is 47.7 Å². The van der Waals surface area contributed by atoms with Crippen LogP contribution in [-0.2, 0) is 13.7 Å². The molecule has 2 aliphatic heterocycles. The second-order valence-electron chi connectivity index (χ2n) is 5.47. The van der Waals surface area contributed by atoms with Crippen molar-refractivity contribution in [3.05, 3.63) is 32.6 Å². The van der Waals surface area contributed by atoms with Crippen LogP contribution in [0.2, 0.25) is 0 Å². The van der Waals surface area contributed by atoms with Crippen molar-refractivity contribution >= 4 is 18.8 Å². The standard InChI is InChI=1S/C12H15N3O6S/c1-5-3-15(11(19)13-8(5)17)9-6-7(21-22)12(4-16,20-9)10(18)14(6)2/h3,6-7,9,16,22H,4H2,1-2H3,(H,13,17,19)/t6?,7?,9-,12+/m1/s1. The maximum absolute atomic E-state index is 12.3. The van der Waals surface area contributed by atoms with Crippen LogP contribution in [-0.4, -0.2) is 56.9 Å². The van der Waals surface area contributed by atoms with Crippen LogP contribution in [0.3, 0.4) is 0 Å². The van der Waals surface area contributed by atoms with E-state index in [1.807, 2.05) is 0 Å². The molecule has 1 aromatic rings. The Morgan fingerprint density at radius 3 is 2.73 bits per heavy atom. The molecular weight excluding hydrogens is 314 g/mol. The van der Waals surface area contributed by atoms with Gasteiger partial charge in [0.2, 0.25) is 5.60 Å². The molecule has 2 N–H and O–H groups in total. The number of amides is 1. The number of hydrogen-bond donors (Lipinski definition) is 3. The molecule has 1 aromatic heterocycles. The molecular formula is C12H15N3O6S. The Kier molecular flexibility index (Phi) is 3.44. The molecule has 10 heteroatoms. The predicted molar refractivity (Wildman–Crippen MR) is 76.4 cm³/mol. The van der Waals surface area contributed by atoms with Crippen LogP contribution < -0.4 is 11.2 Å². The number of carbonyl (C=O) groups is 1. The highest BCUT2D eigenvalue weighted by Gasteiger charge is 2.69. The number of H-pyrrole nitrogens is 1. The van der Waals surface area contributed by atoms with Gasteiger partial charge in [-0.15, -0.1) is 0 Å². The molecule has 4 atom stereocenters. The molecule has 0 aromatic carbocycles. The van der Waals surface area contributed by atoms with Crippen molar-refractivity contribution in [1.82, 2.24) is 14.5 Å². The Morgan fingerprint density at radius 2 is 2.18 bits per heavy atom. The monoisotopic (exact) mass is 329 g/mol. The number of aromatic nitrogens is 2. The molecule has 22 heavy (non-hydrogen) atoms. The van der Waals surface area contributed by atoms with E-state index >= 15 is 0 Å². The third-order valence-corrected chi connectivity index (χ3v) is 4.52. The topological polar surface area (TPSA) is 114 Å². The zero-order chi connectivity index (χ0) is 16.2. The van der Waals surface area contributed by atoms with Crippen LogP contribution in [0.1, 0.15) is 11.8 Å². The van der Waals surface area contributed by atoms with E-state index in [0.717, 1.165) is 0 Å². The van der Waals surface area contributed by atoms with Crippen LogP contribution in [0.15, 0.2) is 15.8 Å². The van der Waals surface area contributed by atoms with E-state index in [0.29, 0.717) is 5.56 Å². The fraction of sp³-hybridized carbons (Fsp3) is 0.583. The number of aromatic amines is 1. The molecule has 0 aliphatic carbocycles. The van der Waals surface area contributed by atoms with Gasteiger partial charge in [0.05, 0.1) is 6.61 Å². The largest absolute Gasteiger partial charge is 0.393 e. The minimum absolute atomic E-state index is 0.321. The number of rotatable bonds is 3. The second-order valence-corrected chi connectivity index (χ2v) is 5.68. The smallest absolute Gasteiger partial charge is 0.330 e. The summed E-state index contributed by atoms with van der Waals surface area (Å²) in [6.07, 6.45) is -0.386. The van der Waals surface area contributed by atoms with Gasteiger partial charge in [0.1, 0.15) is 12.1 Å². The van der Waals surface area contributed by atoms with Crippen molar-refractivity contribution in [2.24, 2.45) is 0 Å². The summed E-state index contributed by atoms with van der Waals surface area (Å²) in [6.45, 7) is 0.941. The van der Waals surface area contributed by atoms with Crippen LogP contribution in [0.5, 0.6) is 0 Å². The molecule has 2 saturated heterocycles. The van der Waals surface area contributed by atoms with Gasteiger partial charge in [0.25, 0.3) is 11.5 Å². The molecule has 0 radical (unpaired) electrons. The molecule has 2 bridgehead atoms. The van der Waals surface area contributed by atoms with Gasteiger partial charge in [-0.3, -0.25) is 19.1 Å². The summed E-state index contributed by atoms with van der Waals surface area (Å²) in [5, 5.41) is 9.63. The fourth-order valence-corrected chi connectivity index (χ4v) is 3.41. The maximum atomic E-state index is 12.3. The Labute approximate surface area is 130 Å². The molecule has 3 heterocycles. The summed E-state index contributed by atoms with van der Waals surface area (Å²) in [7, 11) is 1.53. The molecule has 2 unspecified atom stereocenters. The number of thiol groups is 1. The number of ether oxygens (including phenoxy) is 1. The lowest BCUT2D eigenvalue weighted by Crippen LogP contribution is -2.52. The molecule has 2 fully saturated rings. The number of aryl methyl sites for hydroxylation is 1. The summed E-state index contributed by atoms with van der Waals surface area (Å²) in [6, 6.07) is -0.653. The fourth-order valence-electron chi connectivity index (χ4n) is 3.12. The van der Waals surface area contributed by atoms with Crippen LogP contribution in [0.25, 0.3) is 0 Å². The van der Waals surface area contributed by atoms with E-state index in [2.05, 4.69) is 17.9 Å². The summed E-state index contributed by atoms with van der Waals surface area (Å²) in [5.41, 5.74) is -2.44. The zero-order valence-corrected chi connectivity index (χ0v) is 12.7. The van der Waals surface area contributed by atoms with Gasteiger partial charge < -0.3 is 18.9 Å². The number of aliphatic hydroxyl groups is 1. The van der Waals surface area contributed by atoms with Crippen molar-refractivity contribution in [3.63, 3.8) is 0 Å². The van der Waals surface area contributed by atoms with Gasteiger partial charge in [-0.2, -0.15) is 0 Å². The van der Waals surface area contributed by atoms with Crippen molar-refractivity contribution in [2.45, 2.75) is 30.9 Å². The molecule has 9 nitrogen and oxygen atoms in total. The number of nitrogens with zero attached hydrogens (tertiary/aromatic N) is 2. The molecule has 2 aliphatic rings. The van der Waals surface area contributed by atoms with Crippen molar-refractivity contribution in [1.29, 1.82) is 0 Å². The number of hydrogen-bond acceptors (Lipinski definition) is 7. The normalized spacial score (nSPS) is 33.7. The lowest BCUT2D eigenvalue weighted by molar-refractivity contribution is -0.181. The summed E-state index contributed by atoms with van der Waals surface area (Å²) < 4.78 is 11.9.